The molecule has 0 radical (unpaired) electrons. The fraction of sp³-hybridized carbons (Fsp3) is 0.520. The third-order valence-corrected chi connectivity index (χ3v) is 8.67. The van der Waals surface area contributed by atoms with Crippen LogP contribution in [0.25, 0.3) is 0 Å². The third kappa shape index (κ3) is 7.95. The summed E-state index contributed by atoms with van der Waals surface area (Å²) in [6, 6.07) is 11.5. The van der Waals surface area contributed by atoms with Crippen LogP contribution in [0.1, 0.15) is 45.7 Å². The van der Waals surface area contributed by atoms with Gasteiger partial charge in [-0.25, -0.2) is 8.42 Å². The largest absolute Gasteiger partial charge is 0.492 e. The van der Waals surface area contributed by atoms with Gasteiger partial charge in [-0.05, 0) is 35.4 Å². The Morgan fingerprint density at radius 2 is 1.33 bits per heavy atom. The average molecular weight is 536 g/mol. The van der Waals surface area contributed by atoms with Crippen molar-refractivity contribution < 1.29 is 17.9 Å². The van der Waals surface area contributed by atoms with Crippen LogP contribution in [-0.4, -0.2) is 39.0 Å². The molecule has 184 valence electrons. The first-order chi connectivity index (χ1) is 15.4. The minimum Gasteiger partial charge on any atom is -0.492 e. The van der Waals surface area contributed by atoms with Crippen molar-refractivity contribution in [1.82, 2.24) is 0 Å². The molecule has 8 heteroatoms. The monoisotopic (exact) mass is 534 g/mol. The molecule has 2 rings (SSSR count). The van der Waals surface area contributed by atoms with E-state index in [0.29, 0.717) is 34.0 Å². The molecule has 0 fully saturated rings. The highest BCUT2D eigenvalue weighted by molar-refractivity contribution is 7.91. The van der Waals surface area contributed by atoms with Crippen molar-refractivity contribution in [3.05, 3.63) is 57.6 Å². The van der Waals surface area contributed by atoms with Crippen LogP contribution in [0, 0.1) is 11.8 Å². The maximum Gasteiger partial charge on any atom is 0.150 e. The van der Waals surface area contributed by atoms with E-state index in [2.05, 4.69) is 13.8 Å². The van der Waals surface area contributed by atoms with Gasteiger partial charge in [0.25, 0.3) is 0 Å². The Hall–Kier alpha value is -1.14. The Bertz CT molecular complexity index is 1040. The first-order valence-corrected chi connectivity index (χ1v) is 14.1. The van der Waals surface area contributed by atoms with E-state index in [1.165, 1.54) is 0 Å². The molecular formula is C25H33Cl3O4S. The lowest BCUT2D eigenvalue weighted by atomic mass is 9.78. The standard InChI is InChI=1S/C25H33Cl3O4S/c1-6-33(29,30)16-18(3)15-32-24-10-8-20(12-22(24)28)25(4,5)19-7-9-23(21(27)11-19)31-14-17(2)13-26/h7-12,17-18H,6,13-16H2,1-5H3/t17-,18-/m1/s1. The van der Waals surface area contributed by atoms with Gasteiger partial charge in [-0.2, -0.15) is 0 Å². The number of alkyl halides is 1. The fourth-order valence-corrected chi connectivity index (χ4v) is 5.05. The topological polar surface area (TPSA) is 52.6 Å². The molecule has 33 heavy (non-hydrogen) atoms. The molecule has 4 nitrogen and oxygen atoms in total. The van der Waals surface area contributed by atoms with Gasteiger partial charge in [-0.15, -0.1) is 11.6 Å². The summed E-state index contributed by atoms with van der Waals surface area (Å²) in [6.07, 6.45) is 0. The summed E-state index contributed by atoms with van der Waals surface area (Å²) in [5.41, 5.74) is 1.66. The van der Waals surface area contributed by atoms with E-state index in [4.69, 9.17) is 44.3 Å². The van der Waals surface area contributed by atoms with Crippen LogP contribution >= 0.6 is 34.8 Å². The van der Waals surface area contributed by atoms with E-state index in [-0.39, 0.29) is 35.4 Å². The summed E-state index contributed by atoms with van der Waals surface area (Å²) in [7, 11) is -3.04. The zero-order valence-electron chi connectivity index (χ0n) is 19.8. The Kier molecular flexibility index (Phi) is 10.2. The van der Waals surface area contributed by atoms with E-state index in [1.807, 2.05) is 50.2 Å². The van der Waals surface area contributed by atoms with Crippen LogP contribution in [0.5, 0.6) is 11.5 Å². The van der Waals surface area contributed by atoms with Crippen LogP contribution in [0.4, 0.5) is 0 Å². The maximum absolute atomic E-state index is 11.8. The summed E-state index contributed by atoms with van der Waals surface area (Å²) < 4.78 is 35.2. The normalized spacial score (nSPS) is 14.1. The highest BCUT2D eigenvalue weighted by atomic mass is 35.5. The first kappa shape index (κ1) is 28.1. The molecule has 0 saturated heterocycles. The lowest BCUT2D eigenvalue weighted by Gasteiger charge is -2.27. The van der Waals surface area contributed by atoms with Crippen LogP contribution in [-0.2, 0) is 15.3 Å². The van der Waals surface area contributed by atoms with Gasteiger partial charge in [0, 0.05) is 28.9 Å². The second-order valence-corrected chi connectivity index (χ2v) is 12.6. The molecule has 0 aliphatic rings. The van der Waals surface area contributed by atoms with Crippen LogP contribution in [0.15, 0.2) is 36.4 Å². The molecule has 0 amide bonds. The summed E-state index contributed by atoms with van der Waals surface area (Å²) in [5.74, 6) is 2.03. The molecule has 2 aromatic carbocycles. The lowest BCUT2D eigenvalue weighted by molar-refractivity contribution is 0.272. The average Bonchev–Trinajstić information content (AvgIpc) is 2.76. The zero-order chi connectivity index (χ0) is 24.8. The molecule has 0 heterocycles. The Labute approximate surface area is 213 Å². The molecule has 2 atom stereocenters. The zero-order valence-corrected chi connectivity index (χ0v) is 22.9. The lowest BCUT2D eigenvalue weighted by Crippen LogP contribution is -2.21. The van der Waals surface area contributed by atoms with Gasteiger partial charge < -0.3 is 9.47 Å². The summed E-state index contributed by atoms with van der Waals surface area (Å²) in [6.45, 7) is 10.5. The first-order valence-electron chi connectivity index (χ1n) is 11.0. The number of ether oxygens (including phenoxy) is 2. The minimum absolute atomic E-state index is 0.0947. The summed E-state index contributed by atoms with van der Waals surface area (Å²) >= 11 is 18.8. The smallest absolute Gasteiger partial charge is 0.150 e. The van der Waals surface area contributed by atoms with Crippen molar-refractivity contribution in [2.75, 3.05) is 30.6 Å². The molecule has 0 bridgehead atoms. The van der Waals surface area contributed by atoms with E-state index < -0.39 is 9.84 Å². The highest BCUT2D eigenvalue weighted by Crippen LogP contribution is 2.38. The van der Waals surface area contributed by atoms with Gasteiger partial charge in [0.1, 0.15) is 21.3 Å². The Morgan fingerprint density at radius 3 is 1.73 bits per heavy atom. The van der Waals surface area contributed by atoms with Gasteiger partial charge >= 0.3 is 0 Å². The van der Waals surface area contributed by atoms with Gasteiger partial charge in [0.15, 0.2) is 0 Å². The predicted molar refractivity (Wildman–Crippen MR) is 139 cm³/mol. The number of rotatable bonds is 12. The second kappa shape index (κ2) is 12.0. The number of halogens is 3. The SMILES string of the molecule is CCS(=O)(=O)C[C@H](C)COc1ccc(C(C)(C)c2ccc(OC[C@H](C)CCl)c(Cl)c2)cc1Cl. The van der Waals surface area contributed by atoms with Crippen molar-refractivity contribution >= 4 is 44.6 Å². The molecule has 0 aliphatic heterocycles. The third-order valence-electron chi connectivity index (χ3n) is 5.60. The molecular weight excluding hydrogens is 503 g/mol. The number of hydrogen-bond donors (Lipinski definition) is 0. The predicted octanol–water partition coefficient (Wildman–Crippen LogP) is 7.02. The van der Waals surface area contributed by atoms with Gasteiger partial charge in [-0.1, -0.05) is 70.0 Å². The fourth-order valence-electron chi connectivity index (χ4n) is 3.29. The molecule has 0 unspecified atom stereocenters. The van der Waals surface area contributed by atoms with Crippen molar-refractivity contribution in [3.8, 4) is 11.5 Å². The number of hydrogen-bond acceptors (Lipinski definition) is 4. The van der Waals surface area contributed by atoms with Crippen molar-refractivity contribution in [2.24, 2.45) is 11.8 Å². The van der Waals surface area contributed by atoms with Crippen molar-refractivity contribution in [2.45, 2.75) is 40.0 Å². The maximum atomic E-state index is 11.8. The van der Waals surface area contributed by atoms with Gasteiger partial charge in [-0.3, -0.25) is 0 Å². The van der Waals surface area contributed by atoms with E-state index in [9.17, 15) is 8.42 Å². The number of benzene rings is 2. The van der Waals surface area contributed by atoms with E-state index in [0.717, 1.165) is 11.1 Å². The Morgan fingerprint density at radius 1 is 0.879 bits per heavy atom. The van der Waals surface area contributed by atoms with Crippen molar-refractivity contribution in [1.29, 1.82) is 0 Å². The van der Waals surface area contributed by atoms with Crippen molar-refractivity contribution in [3.63, 3.8) is 0 Å². The quantitative estimate of drug-likeness (QED) is 0.274. The van der Waals surface area contributed by atoms with E-state index in [1.54, 1.807) is 6.92 Å². The molecule has 0 aromatic heterocycles. The van der Waals surface area contributed by atoms with Crippen LogP contribution in [0.3, 0.4) is 0 Å². The highest BCUT2D eigenvalue weighted by Gasteiger charge is 2.25. The molecule has 0 N–H and O–H groups in total. The molecule has 0 aliphatic carbocycles. The molecule has 2 aromatic rings. The van der Waals surface area contributed by atoms with E-state index >= 15 is 0 Å². The van der Waals surface area contributed by atoms with Gasteiger partial charge in [0.05, 0.1) is 29.0 Å². The number of sulfone groups is 1. The summed E-state index contributed by atoms with van der Waals surface area (Å²) in [5, 5.41) is 1.02. The minimum atomic E-state index is -3.04. The van der Waals surface area contributed by atoms with Crippen LogP contribution in [0.2, 0.25) is 10.0 Å². The Balaban J connectivity index is 2.13. The van der Waals surface area contributed by atoms with Crippen LogP contribution < -0.4 is 9.47 Å². The molecule has 0 spiro atoms. The summed E-state index contributed by atoms with van der Waals surface area (Å²) in [4.78, 5) is 0. The second-order valence-electron chi connectivity index (χ2n) is 9.10. The van der Waals surface area contributed by atoms with Gasteiger partial charge in [0.2, 0.25) is 0 Å². The molecule has 0 saturated carbocycles.